The molecular formula is C11H19N3S. The molecule has 2 atom stereocenters. The quantitative estimate of drug-likeness (QED) is 0.858. The lowest BCUT2D eigenvalue weighted by Gasteiger charge is -2.28. The molecule has 0 aliphatic heterocycles. The lowest BCUT2D eigenvalue weighted by molar-refractivity contribution is 0.327. The van der Waals surface area contributed by atoms with Crippen LogP contribution in [-0.4, -0.2) is 15.4 Å². The maximum absolute atomic E-state index is 4.35. The van der Waals surface area contributed by atoms with Crippen molar-refractivity contribution in [3.05, 3.63) is 5.82 Å². The fourth-order valence-electron chi connectivity index (χ4n) is 2.32. The minimum absolute atomic E-state index is 0.621. The average Bonchev–Trinajstić information content (AvgIpc) is 2.64. The van der Waals surface area contributed by atoms with E-state index < -0.39 is 0 Å². The summed E-state index contributed by atoms with van der Waals surface area (Å²) in [5, 5.41) is 4.51. The largest absolute Gasteiger partial charge is 0.358 e. The van der Waals surface area contributed by atoms with Crippen molar-refractivity contribution >= 4 is 16.7 Å². The standard InChI is InChI=1S/C11H19N3S/c1-3-9-5-4-6-10(7-9)13-11-12-8(2)14-15-11/h9-10H,3-7H2,1-2H3,(H,12,13,14). The van der Waals surface area contributed by atoms with Crippen molar-refractivity contribution in [2.45, 2.75) is 52.0 Å². The van der Waals surface area contributed by atoms with Crippen LogP contribution in [-0.2, 0) is 0 Å². The summed E-state index contributed by atoms with van der Waals surface area (Å²) in [5.74, 6) is 1.79. The van der Waals surface area contributed by atoms with Gasteiger partial charge in [0.2, 0.25) is 5.13 Å². The summed E-state index contributed by atoms with van der Waals surface area (Å²) >= 11 is 1.48. The summed E-state index contributed by atoms with van der Waals surface area (Å²) in [6.07, 6.45) is 6.66. The molecule has 1 heterocycles. The molecule has 84 valence electrons. The third-order valence-corrected chi connectivity index (χ3v) is 3.95. The van der Waals surface area contributed by atoms with Crippen LogP contribution in [0.2, 0.25) is 0 Å². The molecule has 0 bridgehead atoms. The molecule has 0 aromatic carbocycles. The normalized spacial score (nSPS) is 26.5. The summed E-state index contributed by atoms with van der Waals surface area (Å²) in [7, 11) is 0. The second kappa shape index (κ2) is 4.92. The Morgan fingerprint density at radius 3 is 3.00 bits per heavy atom. The zero-order valence-corrected chi connectivity index (χ0v) is 10.3. The van der Waals surface area contributed by atoms with Crippen LogP contribution in [0.1, 0.15) is 44.9 Å². The van der Waals surface area contributed by atoms with Gasteiger partial charge in [-0.25, -0.2) is 4.98 Å². The Morgan fingerprint density at radius 2 is 2.33 bits per heavy atom. The molecule has 1 aromatic heterocycles. The Kier molecular flexibility index (Phi) is 3.57. The fourth-order valence-corrected chi connectivity index (χ4v) is 2.97. The molecule has 1 aliphatic carbocycles. The van der Waals surface area contributed by atoms with E-state index in [1.807, 2.05) is 6.92 Å². The number of hydrogen-bond donors (Lipinski definition) is 1. The van der Waals surface area contributed by atoms with E-state index in [4.69, 9.17) is 0 Å². The van der Waals surface area contributed by atoms with Gasteiger partial charge in [-0.15, -0.1) is 0 Å². The van der Waals surface area contributed by atoms with Gasteiger partial charge < -0.3 is 5.32 Å². The van der Waals surface area contributed by atoms with Crippen LogP contribution in [0.5, 0.6) is 0 Å². The van der Waals surface area contributed by atoms with Gasteiger partial charge in [0.25, 0.3) is 0 Å². The summed E-state index contributed by atoms with van der Waals surface area (Å²) in [4.78, 5) is 4.35. The number of rotatable bonds is 3. The van der Waals surface area contributed by atoms with Crippen LogP contribution >= 0.6 is 11.5 Å². The molecule has 0 spiro atoms. The molecule has 3 nitrogen and oxygen atoms in total. The highest BCUT2D eigenvalue weighted by Crippen LogP contribution is 2.28. The first-order valence-corrected chi connectivity index (χ1v) is 6.62. The van der Waals surface area contributed by atoms with Gasteiger partial charge in [-0.1, -0.05) is 26.2 Å². The molecular weight excluding hydrogens is 206 g/mol. The molecule has 0 saturated heterocycles. The summed E-state index contributed by atoms with van der Waals surface area (Å²) in [6.45, 7) is 4.24. The Bertz CT molecular complexity index is 311. The number of aryl methyl sites for hydroxylation is 1. The highest BCUT2D eigenvalue weighted by Gasteiger charge is 2.21. The maximum Gasteiger partial charge on any atom is 0.202 e. The van der Waals surface area contributed by atoms with Gasteiger partial charge in [0.15, 0.2) is 0 Å². The zero-order chi connectivity index (χ0) is 10.7. The first-order valence-electron chi connectivity index (χ1n) is 5.84. The van der Waals surface area contributed by atoms with E-state index in [1.54, 1.807) is 0 Å². The first kappa shape index (κ1) is 10.9. The number of nitrogens with one attached hydrogen (secondary N) is 1. The van der Waals surface area contributed by atoms with E-state index in [0.29, 0.717) is 6.04 Å². The van der Waals surface area contributed by atoms with Crippen LogP contribution in [0.15, 0.2) is 0 Å². The Morgan fingerprint density at radius 1 is 1.47 bits per heavy atom. The van der Waals surface area contributed by atoms with Crippen molar-refractivity contribution in [3.63, 3.8) is 0 Å². The lowest BCUT2D eigenvalue weighted by Crippen LogP contribution is -2.26. The van der Waals surface area contributed by atoms with Gasteiger partial charge in [0.05, 0.1) is 0 Å². The molecule has 0 radical (unpaired) electrons. The van der Waals surface area contributed by atoms with Crippen LogP contribution in [0, 0.1) is 12.8 Å². The predicted octanol–water partition coefficient (Wildman–Crippen LogP) is 3.23. The van der Waals surface area contributed by atoms with Crippen molar-refractivity contribution in [1.29, 1.82) is 0 Å². The highest BCUT2D eigenvalue weighted by atomic mass is 32.1. The van der Waals surface area contributed by atoms with E-state index in [1.165, 1.54) is 43.6 Å². The number of hydrogen-bond acceptors (Lipinski definition) is 4. The molecule has 2 rings (SSSR count). The summed E-state index contributed by atoms with van der Waals surface area (Å²) < 4.78 is 4.19. The van der Waals surface area contributed by atoms with Crippen molar-refractivity contribution in [1.82, 2.24) is 9.36 Å². The SMILES string of the molecule is CCC1CCCC(Nc2nc(C)ns2)C1. The smallest absolute Gasteiger partial charge is 0.202 e. The van der Waals surface area contributed by atoms with E-state index in [0.717, 1.165) is 16.9 Å². The van der Waals surface area contributed by atoms with Crippen molar-refractivity contribution < 1.29 is 0 Å². The molecule has 4 heteroatoms. The van der Waals surface area contributed by atoms with E-state index in [2.05, 4.69) is 21.6 Å². The molecule has 2 unspecified atom stereocenters. The fraction of sp³-hybridized carbons (Fsp3) is 0.818. The monoisotopic (exact) mass is 225 g/mol. The number of anilines is 1. The lowest BCUT2D eigenvalue weighted by atomic mass is 9.84. The van der Waals surface area contributed by atoms with Gasteiger partial charge in [-0.2, -0.15) is 4.37 Å². The van der Waals surface area contributed by atoms with E-state index in [-0.39, 0.29) is 0 Å². The molecule has 1 aliphatic rings. The second-order valence-corrected chi connectivity index (χ2v) is 5.18. The van der Waals surface area contributed by atoms with Crippen LogP contribution in [0.3, 0.4) is 0 Å². The molecule has 1 N–H and O–H groups in total. The van der Waals surface area contributed by atoms with Crippen LogP contribution in [0.4, 0.5) is 5.13 Å². The Balaban J connectivity index is 1.88. The number of aromatic nitrogens is 2. The Hall–Kier alpha value is -0.640. The molecule has 0 amide bonds. The molecule has 15 heavy (non-hydrogen) atoms. The van der Waals surface area contributed by atoms with Crippen molar-refractivity contribution in [2.75, 3.05) is 5.32 Å². The van der Waals surface area contributed by atoms with Gasteiger partial charge in [-0.3, -0.25) is 0 Å². The third kappa shape index (κ3) is 2.91. The minimum atomic E-state index is 0.621. The van der Waals surface area contributed by atoms with Crippen LogP contribution in [0.25, 0.3) is 0 Å². The molecule has 1 saturated carbocycles. The Labute approximate surface area is 95.5 Å². The minimum Gasteiger partial charge on any atom is -0.358 e. The number of nitrogens with zero attached hydrogens (tertiary/aromatic N) is 2. The van der Waals surface area contributed by atoms with Crippen LogP contribution < -0.4 is 5.32 Å². The highest BCUT2D eigenvalue weighted by molar-refractivity contribution is 7.09. The van der Waals surface area contributed by atoms with E-state index >= 15 is 0 Å². The van der Waals surface area contributed by atoms with Crippen molar-refractivity contribution in [2.24, 2.45) is 5.92 Å². The van der Waals surface area contributed by atoms with E-state index in [9.17, 15) is 0 Å². The average molecular weight is 225 g/mol. The second-order valence-electron chi connectivity index (χ2n) is 4.43. The predicted molar refractivity (Wildman–Crippen MR) is 64.3 cm³/mol. The molecule has 1 fully saturated rings. The van der Waals surface area contributed by atoms with Gasteiger partial charge >= 0.3 is 0 Å². The zero-order valence-electron chi connectivity index (χ0n) is 9.49. The third-order valence-electron chi connectivity index (χ3n) is 3.22. The first-order chi connectivity index (χ1) is 7.28. The topological polar surface area (TPSA) is 37.8 Å². The maximum atomic E-state index is 4.35. The summed E-state index contributed by atoms with van der Waals surface area (Å²) in [6, 6.07) is 0.621. The van der Waals surface area contributed by atoms with Crippen molar-refractivity contribution in [3.8, 4) is 0 Å². The molecule has 1 aromatic rings. The van der Waals surface area contributed by atoms with Gasteiger partial charge in [-0.05, 0) is 25.7 Å². The van der Waals surface area contributed by atoms with Gasteiger partial charge in [0.1, 0.15) is 5.82 Å². The van der Waals surface area contributed by atoms with Gasteiger partial charge in [0, 0.05) is 17.6 Å². The summed E-state index contributed by atoms with van der Waals surface area (Å²) in [5.41, 5.74) is 0.